The van der Waals surface area contributed by atoms with Gasteiger partial charge in [-0.05, 0) is 36.8 Å². The Bertz CT molecular complexity index is 558. The van der Waals surface area contributed by atoms with Crippen molar-refractivity contribution in [1.82, 2.24) is 20.3 Å². The quantitative estimate of drug-likeness (QED) is 0.733. The second-order valence-corrected chi connectivity index (χ2v) is 5.61. The summed E-state index contributed by atoms with van der Waals surface area (Å²) in [5.74, 6) is 1.82. The lowest BCUT2D eigenvalue weighted by atomic mass is 9.95. The molecule has 1 saturated carbocycles. The largest absolute Gasteiger partial charge is 0.372 e. The summed E-state index contributed by atoms with van der Waals surface area (Å²) in [5, 5.41) is 7.43. The molecule has 102 valence electrons. The molecular weight excluding hydrogens is 238 g/mol. The molecule has 3 N–H and O–H groups in total. The minimum absolute atomic E-state index is 0.792. The van der Waals surface area contributed by atoms with E-state index in [1.165, 1.54) is 32.3 Å². The summed E-state index contributed by atoms with van der Waals surface area (Å²) >= 11 is 0. The van der Waals surface area contributed by atoms with E-state index in [1.54, 1.807) is 0 Å². The number of anilines is 1. The number of hydrogen-bond acceptors (Lipinski definition) is 4. The van der Waals surface area contributed by atoms with Crippen LogP contribution in [0, 0.1) is 11.3 Å². The fourth-order valence-corrected chi connectivity index (χ4v) is 2.83. The molecule has 1 spiro atoms. The molecule has 1 saturated heterocycles. The Hall–Kier alpha value is -1.62. The van der Waals surface area contributed by atoms with Gasteiger partial charge in [0.25, 0.3) is 0 Å². The van der Waals surface area contributed by atoms with Gasteiger partial charge in [-0.2, -0.15) is 0 Å². The third-order valence-corrected chi connectivity index (χ3v) is 4.46. The highest BCUT2D eigenvalue weighted by Gasteiger charge is 2.49. The van der Waals surface area contributed by atoms with Gasteiger partial charge in [-0.1, -0.05) is 6.92 Å². The number of fused-ring (bicyclic) bond motifs is 1. The first-order chi connectivity index (χ1) is 9.25. The minimum Gasteiger partial charge on any atom is -0.372 e. The minimum atomic E-state index is 0.792. The maximum absolute atomic E-state index is 4.06. The van der Waals surface area contributed by atoms with Crippen molar-refractivity contribution < 1.29 is 0 Å². The number of aromatic amines is 1. The van der Waals surface area contributed by atoms with Crippen molar-refractivity contribution in [1.29, 1.82) is 0 Å². The van der Waals surface area contributed by atoms with Crippen molar-refractivity contribution in [3.63, 3.8) is 0 Å². The van der Waals surface area contributed by atoms with Gasteiger partial charge in [-0.25, -0.2) is 9.97 Å². The Morgan fingerprint density at radius 1 is 1.37 bits per heavy atom. The number of H-pyrrole nitrogens is 1. The Labute approximate surface area is 113 Å². The van der Waals surface area contributed by atoms with Crippen LogP contribution in [0.5, 0.6) is 0 Å². The van der Waals surface area contributed by atoms with Crippen LogP contribution in [0.25, 0.3) is 11.0 Å². The predicted octanol–water partition coefficient (Wildman–Crippen LogP) is 2.01. The van der Waals surface area contributed by atoms with E-state index in [2.05, 4.69) is 32.5 Å². The lowest BCUT2D eigenvalue weighted by Crippen LogP contribution is -2.09. The molecule has 3 heterocycles. The van der Waals surface area contributed by atoms with E-state index in [4.69, 9.17) is 0 Å². The number of nitrogens with one attached hydrogen (secondary N) is 3. The monoisotopic (exact) mass is 259 g/mol. The molecule has 5 heteroatoms. The third kappa shape index (κ3) is 2.30. The second kappa shape index (κ2) is 4.81. The number of rotatable bonds is 1. The lowest BCUT2D eigenvalue weighted by Gasteiger charge is -2.08. The van der Waals surface area contributed by atoms with Crippen molar-refractivity contribution >= 4 is 16.9 Å². The van der Waals surface area contributed by atoms with Crippen LogP contribution >= 0.6 is 0 Å². The summed E-state index contributed by atoms with van der Waals surface area (Å²) in [6.45, 7) is 4.93. The van der Waals surface area contributed by atoms with Crippen LogP contribution in [0.2, 0.25) is 0 Å². The van der Waals surface area contributed by atoms with Crippen LogP contribution < -0.4 is 10.6 Å². The molecule has 0 aromatic carbocycles. The predicted molar refractivity (Wildman–Crippen MR) is 77.1 cm³/mol. The Balaban J connectivity index is 0.000000122. The normalized spacial score (nSPS) is 23.2. The average molecular weight is 259 g/mol. The summed E-state index contributed by atoms with van der Waals surface area (Å²) in [7, 11) is 1.84. The summed E-state index contributed by atoms with van der Waals surface area (Å²) in [4.78, 5) is 11.1. The molecule has 4 rings (SSSR count). The lowest BCUT2D eigenvalue weighted by molar-refractivity contribution is 0.432. The SMILES string of the molecule is CC1CNCC12CC2.CNc1ncnc2[nH]ccc12. The van der Waals surface area contributed by atoms with Crippen LogP contribution in [0.4, 0.5) is 5.82 Å². The number of hydrogen-bond donors (Lipinski definition) is 3. The van der Waals surface area contributed by atoms with Crippen LogP contribution in [-0.2, 0) is 0 Å². The standard InChI is InChI=1S/C7H8N4.C7H13N/c1-8-6-5-2-3-9-7(5)11-4-10-6;1-6-4-8-5-7(6)2-3-7/h2-4H,1H3,(H2,8,9,10,11);6,8H,2-5H2,1H3. The molecule has 0 amide bonds. The maximum atomic E-state index is 4.06. The zero-order valence-electron chi connectivity index (χ0n) is 11.5. The van der Waals surface area contributed by atoms with Crippen molar-refractivity contribution in [2.45, 2.75) is 19.8 Å². The smallest absolute Gasteiger partial charge is 0.142 e. The van der Waals surface area contributed by atoms with Crippen molar-refractivity contribution in [2.75, 3.05) is 25.5 Å². The molecule has 5 nitrogen and oxygen atoms in total. The molecule has 1 unspecified atom stereocenters. The highest BCUT2D eigenvalue weighted by molar-refractivity contribution is 5.86. The van der Waals surface area contributed by atoms with Gasteiger partial charge in [0, 0.05) is 19.8 Å². The Morgan fingerprint density at radius 2 is 2.21 bits per heavy atom. The van der Waals surface area contributed by atoms with Crippen molar-refractivity contribution in [3.8, 4) is 0 Å². The van der Waals surface area contributed by atoms with Gasteiger partial charge in [0.2, 0.25) is 0 Å². The van der Waals surface area contributed by atoms with E-state index < -0.39 is 0 Å². The van der Waals surface area contributed by atoms with E-state index in [0.29, 0.717) is 0 Å². The molecule has 2 aromatic heterocycles. The van der Waals surface area contributed by atoms with Crippen molar-refractivity contribution in [2.24, 2.45) is 11.3 Å². The van der Waals surface area contributed by atoms with Crippen LogP contribution in [-0.4, -0.2) is 35.1 Å². The zero-order valence-corrected chi connectivity index (χ0v) is 11.5. The number of aromatic nitrogens is 3. The first-order valence-electron chi connectivity index (χ1n) is 6.92. The van der Waals surface area contributed by atoms with E-state index in [1.807, 2.05) is 19.3 Å². The van der Waals surface area contributed by atoms with Crippen LogP contribution in [0.15, 0.2) is 18.6 Å². The number of nitrogens with zero attached hydrogens (tertiary/aromatic N) is 2. The zero-order chi connectivity index (χ0) is 13.3. The molecule has 1 aliphatic carbocycles. The molecule has 2 fully saturated rings. The van der Waals surface area contributed by atoms with Gasteiger partial charge in [-0.15, -0.1) is 0 Å². The molecule has 1 atom stereocenters. The molecular formula is C14H21N5. The highest BCUT2D eigenvalue weighted by atomic mass is 15.0. The fraction of sp³-hybridized carbons (Fsp3) is 0.571. The van der Waals surface area contributed by atoms with Gasteiger partial charge in [-0.3, -0.25) is 0 Å². The molecule has 0 radical (unpaired) electrons. The molecule has 19 heavy (non-hydrogen) atoms. The first-order valence-corrected chi connectivity index (χ1v) is 6.92. The molecule has 0 bridgehead atoms. The molecule has 2 aliphatic rings. The second-order valence-electron chi connectivity index (χ2n) is 5.61. The highest BCUT2D eigenvalue weighted by Crippen LogP contribution is 2.53. The summed E-state index contributed by atoms with van der Waals surface area (Å²) in [5.41, 5.74) is 1.66. The van der Waals surface area contributed by atoms with Gasteiger partial charge >= 0.3 is 0 Å². The van der Waals surface area contributed by atoms with Gasteiger partial charge in [0.1, 0.15) is 17.8 Å². The maximum Gasteiger partial charge on any atom is 0.142 e. The van der Waals surface area contributed by atoms with E-state index in [0.717, 1.165) is 28.2 Å². The topological polar surface area (TPSA) is 65.6 Å². The van der Waals surface area contributed by atoms with E-state index >= 15 is 0 Å². The third-order valence-electron chi connectivity index (χ3n) is 4.46. The van der Waals surface area contributed by atoms with E-state index in [9.17, 15) is 0 Å². The van der Waals surface area contributed by atoms with Gasteiger partial charge in [0.15, 0.2) is 0 Å². The van der Waals surface area contributed by atoms with Crippen molar-refractivity contribution in [3.05, 3.63) is 18.6 Å². The van der Waals surface area contributed by atoms with Gasteiger partial charge in [0.05, 0.1) is 5.39 Å². The molecule has 1 aliphatic heterocycles. The first kappa shape index (κ1) is 12.4. The van der Waals surface area contributed by atoms with Crippen LogP contribution in [0.3, 0.4) is 0 Å². The van der Waals surface area contributed by atoms with Crippen LogP contribution in [0.1, 0.15) is 19.8 Å². The summed E-state index contributed by atoms with van der Waals surface area (Å²) in [6, 6.07) is 1.95. The Morgan fingerprint density at radius 3 is 2.79 bits per heavy atom. The van der Waals surface area contributed by atoms with Gasteiger partial charge < -0.3 is 15.6 Å². The summed E-state index contributed by atoms with van der Waals surface area (Å²) in [6.07, 6.45) is 6.35. The average Bonchev–Trinajstić information content (AvgIpc) is 2.91. The Kier molecular flexibility index (Phi) is 3.14. The summed E-state index contributed by atoms with van der Waals surface area (Å²) < 4.78 is 0. The van der Waals surface area contributed by atoms with E-state index in [-0.39, 0.29) is 0 Å². The fourth-order valence-electron chi connectivity index (χ4n) is 2.83. The molecule has 2 aromatic rings.